The molecule has 0 bridgehead atoms. The third-order valence-electron chi connectivity index (χ3n) is 1.90. The summed E-state index contributed by atoms with van der Waals surface area (Å²) in [5.41, 5.74) is 0. The van der Waals surface area contributed by atoms with Crippen molar-refractivity contribution in [3.8, 4) is 5.75 Å². The molecular formula is C12H10OSSi. The first-order valence-corrected chi connectivity index (χ1v) is 5.97. The molecule has 0 heterocycles. The zero-order chi connectivity index (χ0) is 10.5. The van der Waals surface area contributed by atoms with Crippen molar-refractivity contribution < 1.29 is 4.43 Å². The summed E-state index contributed by atoms with van der Waals surface area (Å²) in [5, 5.41) is 1.20. The second-order valence-corrected chi connectivity index (χ2v) is 4.57. The minimum atomic E-state index is 0.354. The summed E-state index contributed by atoms with van der Waals surface area (Å²) in [6.07, 6.45) is 0. The summed E-state index contributed by atoms with van der Waals surface area (Å²) in [6, 6.07) is 17.9. The topological polar surface area (TPSA) is 9.23 Å². The predicted octanol–water partition coefficient (Wildman–Crippen LogP) is 2.30. The Hall–Kier alpha value is -1.19. The van der Waals surface area contributed by atoms with Gasteiger partial charge >= 0.3 is 9.76 Å². The lowest BCUT2D eigenvalue weighted by molar-refractivity contribution is 0.604. The second kappa shape index (κ2) is 5.05. The lowest BCUT2D eigenvalue weighted by Gasteiger charge is -2.04. The Morgan fingerprint density at radius 1 is 0.867 bits per heavy atom. The van der Waals surface area contributed by atoms with E-state index in [2.05, 4.69) is 24.8 Å². The fraction of sp³-hybridized carbons (Fsp3) is 0. The standard InChI is InChI=1S/C12H10OSSi/c14-11-8-6-10(7-9-11)13-15-12-4-2-1-3-5-12/h1-9,14H. The zero-order valence-corrected chi connectivity index (χ0v) is 9.95. The van der Waals surface area contributed by atoms with Crippen molar-refractivity contribution in [3.05, 3.63) is 54.6 Å². The van der Waals surface area contributed by atoms with Crippen LogP contribution in [0.2, 0.25) is 0 Å². The molecule has 0 fully saturated rings. The number of rotatable bonds is 3. The molecule has 15 heavy (non-hydrogen) atoms. The van der Waals surface area contributed by atoms with Gasteiger partial charge in [-0.3, -0.25) is 0 Å². The lowest BCUT2D eigenvalue weighted by Crippen LogP contribution is -2.19. The molecule has 2 rings (SSSR count). The Labute approximate surface area is 97.5 Å². The third-order valence-corrected chi connectivity index (χ3v) is 3.10. The number of hydrogen-bond donors (Lipinski definition) is 1. The Morgan fingerprint density at radius 3 is 2.20 bits per heavy atom. The van der Waals surface area contributed by atoms with Crippen molar-refractivity contribution >= 4 is 27.6 Å². The fourth-order valence-electron chi connectivity index (χ4n) is 1.14. The molecule has 0 amide bonds. The summed E-state index contributed by atoms with van der Waals surface area (Å²) < 4.78 is 5.64. The normalized spacial score (nSPS) is 9.93. The van der Waals surface area contributed by atoms with E-state index in [0.717, 1.165) is 10.6 Å². The highest BCUT2D eigenvalue weighted by atomic mass is 32.1. The fourth-order valence-corrected chi connectivity index (χ4v) is 1.99. The molecule has 0 atom stereocenters. The Kier molecular flexibility index (Phi) is 3.48. The lowest BCUT2D eigenvalue weighted by atomic mass is 10.3. The molecule has 2 aromatic carbocycles. The van der Waals surface area contributed by atoms with Gasteiger partial charge in [0.1, 0.15) is 5.75 Å². The van der Waals surface area contributed by atoms with Crippen LogP contribution in [0.3, 0.4) is 0 Å². The van der Waals surface area contributed by atoms with Gasteiger partial charge in [0.05, 0.1) is 0 Å². The van der Waals surface area contributed by atoms with Gasteiger partial charge in [0, 0.05) is 4.90 Å². The van der Waals surface area contributed by atoms with E-state index < -0.39 is 0 Å². The van der Waals surface area contributed by atoms with Crippen LogP contribution in [0.25, 0.3) is 0 Å². The molecule has 74 valence electrons. The van der Waals surface area contributed by atoms with Gasteiger partial charge in [0.2, 0.25) is 0 Å². The first kappa shape index (κ1) is 10.3. The van der Waals surface area contributed by atoms with E-state index in [0.29, 0.717) is 9.76 Å². The molecule has 0 N–H and O–H groups in total. The SMILES string of the molecule is Sc1ccc(O[Si]c2ccccc2)cc1. The van der Waals surface area contributed by atoms with Gasteiger partial charge in [-0.05, 0) is 29.5 Å². The molecular weight excluding hydrogens is 220 g/mol. The third kappa shape index (κ3) is 3.15. The minimum Gasteiger partial charge on any atom is -0.536 e. The Bertz CT molecular complexity index is 413. The Morgan fingerprint density at radius 2 is 1.53 bits per heavy atom. The van der Waals surface area contributed by atoms with Crippen LogP contribution < -0.4 is 9.61 Å². The molecule has 0 spiro atoms. The van der Waals surface area contributed by atoms with Crippen LogP contribution in [0.1, 0.15) is 0 Å². The van der Waals surface area contributed by atoms with Gasteiger partial charge in [-0.25, -0.2) is 0 Å². The minimum absolute atomic E-state index is 0.354. The van der Waals surface area contributed by atoms with Crippen molar-refractivity contribution in [2.45, 2.75) is 4.90 Å². The molecule has 0 aliphatic heterocycles. The van der Waals surface area contributed by atoms with Crippen LogP contribution in [0.15, 0.2) is 59.5 Å². The van der Waals surface area contributed by atoms with Crippen molar-refractivity contribution in [3.63, 3.8) is 0 Å². The van der Waals surface area contributed by atoms with Gasteiger partial charge in [0.25, 0.3) is 0 Å². The second-order valence-electron chi connectivity index (χ2n) is 3.06. The van der Waals surface area contributed by atoms with Crippen molar-refractivity contribution in [1.82, 2.24) is 0 Å². The summed E-state index contributed by atoms with van der Waals surface area (Å²) in [4.78, 5) is 0.949. The molecule has 1 nitrogen and oxygen atoms in total. The van der Waals surface area contributed by atoms with Crippen LogP contribution in [-0.4, -0.2) is 9.76 Å². The molecule has 3 heteroatoms. The van der Waals surface area contributed by atoms with Crippen molar-refractivity contribution in [2.24, 2.45) is 0 Å². The van der Waals surface area contributed by atoms with Gasteiger partial charge in [0.15, 0.2) is 0 Å². The van der Waals surface area contributed by atoms with Crippen molar-refractivity contribution in [1.29, 1.82) is 0 Å². The molecule has 0 saturated carbocycles. The molecule has 2 radical (unpaired) electrons. The van der Waals surface area contributed by atoms with E-state index in [4.69, 9.17) is 4.43 Å². The van der Waals surface area contributed by atoms with Crippen molar-refractivity contribution in [2.75, 3.05) is 0 Å². The van der Waals surface area contributed by atoms with Crippen LogP contribution in [0, 0.1) is 0 Å². The maximum absolute atomic E-state index is 5.64. The van der Waals surface area contributed by atoms with Crippen LogP contribution in [0.4, 0.5) is 0 Å². The number of hydrogen-bond acceptors (Lipinski definition) is 2. The maximum atomic E-state index is 5.64. The summed E-state index contributed by atoms with van der Waals surface area (Å²) in [5.74, 6) is 0.884. The average Bonchev–Trinajstić information content (AvgIpc) is 2.30. The quantitative estimate of drug-likeness (QED) is 0.629. The highest BCUT2D eigenvalue weighted by Gasteiger charge is 1.97. The summed E-state index contributed by atoms with van der Waals surface area (Å²) in [6.45, 7) is 0. The van der Waals surface area contributed by atoms with Gasteiger partial charge < -0.3 is 4.43 Å². The average molecular weight is 230 g/mol. The van der Waals surface area contributed by atoms with Gasteiger partial charge in [-0.1, -0.05) is 30.3 Å². The zero-order valence-electron chi connectivity index (χ0n) is 8.05. The largest absolute Gasteiger partial charge is 0.536 e. The molecule has 0 saturated heterocycles. The van der Waals surface area contributed by atoms with E-state index >= 15 is 0 Å². The molecule has 0 unspecified atom stereocenters. The van der Waals surface area contributed by atoms with Crippen LogP contribution in [0.5, 0.6) is 5.75 Å². The molecule has 0 aliphatic carbocycles. The van der Waals surface area contributed by atoms with Gasteiger partial charge in [-0.2, -0.15) is 0 Å². The van der Waals surface area contributed by atoms with Crippen LogP contribution in [-0.2, 0) is 0 Å². The van der Waals surface area contributed by atoms with E-state index in [1.54, 1.807) is 0 Å². The highest BCUT2D eigenvalue weighted by Crippen LogP contribution is 2.13. The van der Waals surface area contributed by atoms with Crippen LogP contribution >= 0.6 is 12.6 Å². The summed E-state index contributed by atoms with van der Waals surface area (Å²) >= 11 is 4.22. The van der Waals surface area contributed by atoms with E-state index in [1.807, 2.05) is 42.5 Å². The van der Waals surface area contributed by atoms with Gasteiger partial charge in [-0.15, -0.1) is 12.6 Å². The number of benzene rings is 2. The molecule has 0 aromatic heterocycles. The Balaban J connectivity index is 1.96. The van der Waals surface area contributed by atoms with E-state index in [1.165, 1.54) is 5.19 Å². The van der Waals surface area contributed by atoms with E-state index in [9.17, 15) is 0 Å². The monoisotopic (exact) mass is 230 g/mol. The predicted molar refractivity (Wildman–Crippen MR) is 66.2 cm³/mol. The first-order chi connectivity index (χ1) is 7.34. The maximum Gasteiger partial charge on any atom is 0.351 e. The molecule has 2 aromatic rings. The first-order valence-electron chi connectivity index (χ1n) is 4.61. The smallest absolute Gasteiger partial charge is 0.351 e. The highest BCUT2D eigenvalue weighted by molar-refractivity contribution is 7.80. The van der Waals surface area contributed by atoms with E-state index in [-0.39, 0.29) is 0 Å². The summed E-state index contributed by atoms with van der Waals surface area (Å²) in [7, 11) is 0.354. The molecule has 0 aliphatic rings. The number of thiol groups is 1.